The maximum absolute atomic E-state index is 13.8. The molecule has 1 fully saturated rings. The summed E-state index contributed by atoms with van der Waals surface area (Å²) in [5.41, 5.74) is 1.45. The first kappa shape index (κ1) is 21.3. The molecule has 6 nitrogen and oxygen atoms in total. The van der Waals surface area contributed by atoms with E-state index in [1.165, 1.54) is 15.3 Å². The Morgan fingerprint density at radius 2 is 1.76 bits per heavy atom. The summed E-state index contributed by atoms with van der Waals surface area (Å²) in [5, 5.41) is 2.92. The normalized spacial score (nSPS) is 15.8. The molecule has 0 atom stereocenters. The number of amides is 2. The smallest absolute Gasteiger partial charge is 0.317 e. The summed E-state index contributed by atoms with van der Waals surface area (Å²) in [6, 6.07) is 12.7. The fraction of sp³-hybridized carbons (Fsp3) is 0.381. The molecule has 0 saturated carbocycles. The minimum atomic E-state index is -3.52. The van der Waals surface area contributed by atoms with Crippen LogP contribution in [0.25, 0.3) is 0 Å². The van der Waals surface area contributed by atoms with Gasteiger partial charge in [-0.1, -0.05) is 35.9 Å². The summed E-state index contributed by atoms with van der Waals surface area (Å²) >= 11 is 0. The van der Waals surface area contributed by atoms with Crippen LogP contribution in [0, 0.1) is 12.7 Å². The molecule has 0 radical (unpaired) electrons. The molecule has 3 rings (SSSR count). The van der Waals surface area contributed by atoms with Gasteiger partial charge in [-0.2, -0.15) is 4.31 Å². The van der Waals surface area contributed by atoms with Gasteiger partial charge in [0.25, 0.3) is 0 Å². The molecule has 0 bridgehead atoms. The van der Waals surface area contributed by atoms with Gasteiger partial charge in [0.05, 0.1) is 4.90 Å². The van der Waals surface area contributed by atoms with E-state index in [1.54, 1.807) is 49.5 Å². The van der Waals surface area contributed by atoms with Gasteiger partial charge in [-0.15, -0.1) is 0 Å². The Hall–Kier alpha value is -2.45. The van der Waals surface area contributed by atoms with Gasteiger partial charge in [0.1, 0.15) is 5.82 Å². The Kier molecular flexibility index (Phi) is 6.54. The van der Waals surface area contributed by atoms with Crippen molar-refractivity contribution >= 4 is 16.1 Å². The molecule has 156 valence electrons. The summed E-state index contributed by atoms with van der Waals surface area (Å²) in [5.74, 6) is -0.346. The minimum absolute atomic E-state index is 0.116. The zero-order chi connectivity index (χ0) is 21.0. The van der Waals surface area contributed by atoms with Crippen molar-refractivity contribution in [2.45, 2.75) is 37.2 Å². The molecule has 2 aromatic carbocycles. The first-order valence-electron chi connectivity index (χ1n) is 9.59. The van der Waals surface area contributed by atoms with Crippen LogP contribution in [0.4, 0.5) is 9.18 Å². The highest BCUT2D eigenvalue weighted by atomic mass is 32.2. The highest BCUT2D eigenvalue weighted by molar-refractivity contribution is 7.89. The molecule has 1 saturated heterocycles. The third-order valence-corrected chi connectivity index (χ3v) is 7.07. The van der Waals surface area contributed by atoms with Crippen LogP contribution in [0.3, 0.4) is 0 Å². The Labute approximate surface area is 171 Å². The van der Waals surface area contributed by atoms with E-state index < -0.39 is 10.0 Å². The number of aryl methyl sites for hydroxylation is 1. The lowest BCUT2D eigenvalue weighted by Crippen LogP contribution is -2.49. The van der Waals surface area contributed by atoms with Crippen LogP contribution in [0.15, 0.2) is 53.4 Å². The number of urea groups is 1. The highest BCUT2D eigenvalue weighted by Crippen LogP contribution is 2.21. The maximum atomic E-state index is 13.8. The van der Waals surface area contributed by atoms with Gasteiger partial charge in [-0.05, 0) is 38.0 Å². The standard InChI is InChI=1S/C21H26FN3O3S/c1-16-7-9-19(10-8-16)29(27,28)25-13-11-18(12-14-25)23-21(26)24(2)15-17-5-3-4-6-20(17)22/h3-10,18H,11-15H2,1-2H3,(H,23,26). The maximum Gasteiger partial charge on any atom is 0.317 e. The van der Waals surface area contributed by atoms with Crippen LogP contribution in [0.2, 0.25) is 0 Å². The average molecular weight is 420 g/mol. The van der Waals surface area contributed by atoms with Crippen molar-refractivity contribution < 1.29 is 17.6 Å². The predicted molar refractivity (Wildman–Crippen MR) is 109 cm³/mol. The second-order valence-corrected chi connectivity index (χ2v) is 9.33. The molecule has 8 heteroatoms. The van der Waals surface area contributed by atoms with Crippen molar-refractivity contribution in [2.75, 3.05) is 20.1 Å². The van der Waals surface area contributed by atoms with E-state index in [9.17, 15) is 17.6 Å². The number of hydrogen-bond acceptors (Lipinski definition) is 3. The summed E-state index contributed by atoms with van der Waals surface area (Å²) in [7, 11) is -1.91. The summed E-state index contributed by atoms with van der Waals surface area (Å²) in [6.07, 6.45) is 1.06. The van der Waals surface area contributed by atoms with Crippen LogP contribution in [0.5, 0.6) is 0 Å². The zero-order valence-corrected chi connectivity index (χ0v) is 17.5. The first-order valence-corrected chi connectivity index (χ1v) is 11.0. The van der Waals surface area contributed by atoms with E-state index >= 15 is 0 Å². The number of benzene rings is 2. The second-order valence-electron chi connectivity index (χ2n) is 7.39. The van der Waals surface area contributed by atoms with E-state index in [2.05, 4.69) is 5.32 Å². The molecule has 0 spiro atoms. The van der Waals surface area contributed by atoms with Crippen molar-refractivity contribution in [2.24, 2.45) is 0 Å². The number of piperidine rings is 1. The summed E-state index contributed by atoms with van der Waals surface area (Å²) in [6.45, 7) is 2.77. The first-order chi connectivity index (χ1) is 13.8. The largest absolute Gasteiger partial charge is 0.335 e. The van der Waals surface area contributed by atoms with Crippen molar-refractivity contribution in [3.63, 3.8) is 0 Å². The molecule has 0 aliphatic carbocycles. The number of sulfonamides is 1. The summed E-state index contributed by atoms with van der Waals surface area (Å²) in [4.78, 5) is 14.1. The fourth-order valence-electron chi connectivity index (χ4n) is 3.34. The van der Waals surface area contributed by atoms with E-state index in [4.69, 9.17) is 0 Å². The lowest BCUT2D eigenvalue weighted by molar-refractivity contribution is 0.195. The molecule has 1 aliphatic heterocycles. The third-order valence-electron chi connectivity index (χ3n) is 5.15. The second kappa shape index (κ2) is 8.92. The Morgan fingerprint density at radius 3 is 2.38 bits per heavy atom. The number of halogens is 1. The van der Waals surface area contributed by atoms with E-state index in [0.717, 1.165) is 5.56 Å². The quantitative estimate of drug-likeness (QED) is 0.810. The number of rotatable bonds is 5. The highest BCUT2D eigenvalue weighted by Gasteiger charge is 2.30. The van der Waals surface area contributed by atoms with Crippen LogP contribution < -0.4 is 5.32 Å². The molecule has 1 heterocycles. The van der Waals surface area contributed by atoms with Gasteiger partial charge in [-0.3, -0.25) is 0 Å². The van der Waals surface area contributed by atoms with Crippen molar-refractivity contribution in [3.05, 3.63) is 65.5 Å². The molecule has 2 aromatic rings. The zero-order valence-electron chi connectivity index (χ0n) is 16.6. The molecule has 0 aromatic heterocycles. The molecular formula is C21H26FN3O3S. The Balaban J connectivity index is 1.53. The summed E-state index contributed by atoms with van der Waals surface area (Å²) < 4.78 is 40.8. The number of nitrogens with one attached hydrogen (secondary N) is 1. The van der Waals surface area contributed by atoms with Gasteiger partial charge in [0.15, 0.2) is 0 Å². The van der Waals surface area contributed by atoms with E-state index in [-0.39, 0.29) is 29.3 Å². The van der Waals surface area contributed by atoms with Crippen molar-refractivity contribution in [3.8, 4) is 0 Å². The molecule has 1 aliphatic rings. The van der Waals surface area contributed by atoms with Crippen molar-refractivity contribution in [1.29, 1.82) is 0 Å². The average Bonchev–Trinajstić information content (AvgIpc) is 2.70. The van der Waals surface area contributed by atoms with Crippen LogP contribution >= 0.6 is 0 Å². The van der Waals surface area contributed by atoms with Crippen molar-refractivity contribution in [1.82, 2.24) is 14.5 Å². The number of carbonyl (C=O) groups is 1. The molecule has 0 unspecified atom stereocenters. The molecule has 1 N–H and O–H groups in total. The topological polar surface area (TPSA) is 69.7 Å². The van der Waals surface area contributed by atoms with Gasteiger partial charge in [-0.25, -0.2) is 17.6 Å². The van der Waals surface area contributed by atoms with Crippen LogP contribution in [-0.4, -0.2) is 49.8 Å². The van der Waals surface area contributed by atoms with Crippen LogP contribution in [0.1, 0.15) is 24.0 Å². The third kappa shape index (κ3) is 5.13. The SMILES string of the molecule is Cc1ccc(S(=O)(=O)N2CCC(NC(=O)N(C)Cc3ccccc3F)CC2)cc1. The molecule has 29 heavy (non-hydrogen) atoms. The number of nitrogens with zero attached hydrogens (tertiary/aromatic N) is 2. The molecule has 2 amide bonds. The van der Waals surface area contributed by atoms with E-state index in [1.807, 2.05) is 6.92 Å². The monoisotopic (exact) mass is 419 g/mol. The number of carbonyl (C=O) groups excluding carboxylic acids is 1. The van der Waals surface area contributed by atoms with Crippen LogP contribution in [-0.2, 0) is 16.6 Å². The number of hydrogen-bond donors (Lipinski definition) is 1. The lowest BCUT2D eigenvalue weighted by Gasteiger charge is -2.32. The van der Waals surface area contributed by atoms with Gasteiger partial charge in [0, 0.05) is 38.3 Å². The molecular weight excluding hydrogens is 393 g/mol. The van der Waals surface area contributed by atoms with E-state index in [0.29, 0.717) is 31.5 Å². The van der Waals surface area contributed by atoms with Gasteiger partial charge < -0.3 is 10.2 Å². The predicted octanol–water partition coefficient (Wildman–Crippen LogP) is 3.13. The van der Waals surface area contributed by atoms with Gasteiger partial charge >= 0.3 is 6.03 Å². The Bertz CT molecular complexity index is 955. The van der Waals surface area contributed by atoms with Gasteiger partial charge in [0.2, 0.25) is 10.0 Å². The minimum Gasteiger partial charge on any atom is -0.335 e. The Morgan fingerprint density at radius 1 is 1.14 bits per heavy atom. The fourth-order valence-corrected chi connectivity index (χ4v) is 4.81. The lowest BCUT2D eigenvalue weighted by atomic mass is 10.1.